The normalized spacial score (nSPS) is 14.0. The SMILES string of the molecule is CC(C)C(NC(=O)C(N)Cc1ccccc1)C(=O)NC(CCC(N)=O)C(=O)NC(Cc1c[nH]c2ccccc12)C(=O)O. The summed E-state index contributed by atoms with van der Waals surface area (Å²) in [6.45, 7) is 3.43. The highest BCUT2D eigenvalue weighted by atomic mass is 16.4. The average Bonchev–Trinajstić information content (AvgIpc) is 3.36. The molecular weight excluding hydrogens is 540 g/mol. The standard InChI is InChI=1S/C30H38N6O6/c1-17(2)26(36-27(38)21(31)14-18-8-4-3-5-9-18)29(40)34-23(12-13-25(32)37)28(39)35-24(30(41)42)15-19-16-33-22-11-7-6-10-20(19)22/h3-11,16-17,21,23-24,26,33H,12-15,31H2,1-2H3,(H2,32,37)(H,34,40)(H,35,39)(H,36,38)(H,41,42). The van der Waals surface area contributed by atoms with Crippen molar-refractivity contribution in [3.05, 3.63) is 71.9 Å². The molecule has 0 aliphatic heterocycles. The van der Waals surface area contributed by atoms with E-state index in [1.165, 1.54) is 0 Å². The summed E-state index contributed by atoms with van der Waals surface area (Å²) >= 11 is 0. The Kier molecular flexibility index (Phi) is 11.2. The van der Waals surface area contributed by atoms with E-state index in [0.717, 1.165) is 16.5 Å². The molecule has 4 atom stereocenters. The number of hydrogen-bond donors (Lipinski definition) is 7. The summed E-state index contributed by atoms with van der Waals surface area (Å²) < 4.78 is 0. The van der Waals surface area contributed by atoms with E-state index < -0.39 is 53.8 Å². The van der Waals surface area contributed by atoms with E-state index in [4.69, 9.17) is 11.5 Å². The van der Waals surface area contributed by atoms with Gasteiger partial charge in [-0.15, -0.1) is 0 Å². The smallest absolute Gasteiger partial charge is 0.326 e. The van der Waals surface area contributed by atoms with Crippen molar-refractivity contribution < 1.29 is 29.1 Å². The van der Waals surface area contributed by atoms with Crippen LogP contribution in [0, 0.1) is 5.92 Å². The summed E-state index contributed by atoms with van der Waals surface area (Å²) in [6, 6.07) is 12.0. The van der Waals surface area contributed by atoms with E-state index in [9.17, 15) is 29.1 Å². The van der Waals surface area contributed by atoms with Gasteiger partial charge in [-0.25, -0.2) is 4.79 Å². The molecule has 0 aliphatic carbocycles. The van der Waals surface area contributed by atoms with Crippen LogP contribution in [-0.4, -0.2) is 63.9 Å². The fourth-order valence-corrected chi connectivity index (χ4v) is 4.57. The number of nitrogens with two attached hydrogens (primary N) is 2. The number of carbonyl (C=O) groups excluding carboxylic acids is 4. The lowest BCUT2D eigenvalue weighted by molar-refractivity contribution is -0.142. The van der Waals surface area contributed by atoms with Crippen LogP contribution in [0.25, 0.3) is 10.9 Å². The van der Waals surface area contributed by atoms with Gasteiger partial charge < -0.3 is 37.5 Å². The van der Waals surface area contributed by atoms with Crippen LogP contribution < -0.4 is 27.4 Å². The second-order valence-electron chi connectivity index (χ2n) is 10.6. The topological polar surface area (TPSA) is 209 Å². The highest BCUT2D eigenvalue weighted by Gasteiger charge is 2.32. The van der Waals surface area contributed by atoms with Crippen LogP contribution in [0.5, 0.6) is 0 Å². The predicted molar refractivity (Wildman–Crippen MR) is 157 cm³/mol. The van der Waals surface area contributed by atoms with Crippen molar-refractivity contribution in [2.45, 2.75) is 63.7 Å². The van der Waals surface area contributed by atoms with Crippen LogP contribution in [-0.2, 0) is 36.8 Å². The van der Waals surface area contributed by atoms with Gasteiger partial charge in [-0.1, -0.05) is 62.4 Å². The fraction of sp³-hybridized carbons (Fsp3) is 0.367. The van der Waals surface area contributed by atoms with Gasteiger partial charge in [0.15, 0.2) is 0 Å². The molecule has 0 aliphatic rings. The van der Waals surface area contributed by atoms with Gasteiger partial charge in [-0.3, -0.25) is 19.2 Å². The van der Waals surface area contributed by atoms with Crippen LogP contribution in [0.15, 0.2) is 60.8 Å². The number of rotatable bonds is 15. The van der Waals surface area contributed by atoms with Crippen molar-refractivity contribution in [3.63, 3.8) is 0 Å². The summed E-state index contributed by atoms with van der Waals surface area (Å²) in [5.41, 5.74) is 13.7. The first-order valence-corrected chi connectivity index (χ1v) is 13.7. The quantitative estimate of drug-likeness (QED) is 0.137. The van der Waals surface area contributed by atoms with E-state index in [2.05, 4.69) is 20.9 Å². The lowest BCUT2D eigenvalue weighted by Crippen LogP contribution is -2.58. The summed E-state index contributed by atoms with van der Waals surface area (Å²) in [6.07, 6.45) is 1.51. The third-order valence-corrected chi connectivity index (χ3v) is 6.91. The number of aromatic nitrogens is 1. The second-order valence-corrected chi connectivity index (χ2v) is 10.6. The number of amides is 4. The lowest BCUT2D eigenvalue weighted by atomic mass is 10.00. The molecule has 3 rings (SSSR count). The maximum atomic E-state index is 13.3. The molecule has 9 N–H and O–H groups in total. The Labute approximate surface area is 243 Å². The monoisotopic (exact) mass is 578 g/mol. The Morgan fingerprint density at radius 1 is 0.833 bits per heavy atom. The molecule has 0 radical (unpaired) electrons. The first-order chi connectivity index (χ1) is 20.0. The van der Waals surface area contributed by atoms with Gasteiger partial charge in [0.05, 0.1) is 6.04 Å². The molecule has 4 unspecified atom stereocenters. The van der Waals surface area contributed by atoms with Gasteiger partial charge >= 0.3 is 5.97 Å². The molecule has 224 valence electrons. The first-order valence-electron chi connectivity index (χ1n) is 13.7. The summed E-state index contributed by atoms with van der Waals surface area (Å²) in [5.74, 6) is -4.38. The minimum absolute atomic E-state index is 0.0223. The maximum absolute atomic E-state index is 13.3. The van der Waals surface area contributed by atoms with Gasteiger partial charge in [0.1, 0.15) is 18.1 Å². The molecule has 0 spiro atoms. The third kappa shape index (κ3) is 8.90. The zero-order chi connectivity index (χ0) is 30.8. The molecule has 0 saturated heterocycles. The van der Waals surface area contributed by atoms with Crippen molar-refractivity contribution >= 4 is 40.5 Å². The van der Waals surface area contributed by atoms with E-state index >= 15 is 0 Å². The Morgan fingerprint density at radius 3 is 2.12 bits per heavy atom. The zero-order valence-electron chi connectivity index (χ0n) is 23.6. The Hall–Kier alpha value is -4.71. The summed E-state index contributed by atoms with van der Waals surface area (Å²) in [5, 5.41) is 18.4. The molecule has 0 saturated carbocycles. The Bertz CT molecular complexity index is 1410. The van der Waals surface area contributed by atoms with Crippen molar-refractivity contribution in [3.8, 4) is 0 Å². The molecule has 42 heavy (non-hydrogen) atoms. The average molecular weight is 579 g/mol. The number of carboxylic acid groups (broad SMARTS) is 1. The molecule has 1 heterocycles. The largest absolute Gasteiger partial charge is 0.480 e. The predicted octanol–water partition coefficient (Wildman–Crippen LogP) is 0.741. The van der Waals surface area contributed by atoms with Gasteiger partial charge in [0, 0.05) is 29.9 Å². The number of H-pyrrole nitrogens is 1. The maximum Gasteiger partial charge on any atom is 0.326 e. The highest BCUT2D eigenvalue weighted by Crippen LogP contribution is 2.19. The van der Waals surface area contributed by atoms with Crippen LogP contribution in [0.1, 0.15) is 37.8 Å². The molecule has 12 nitrogen and oxygen atoms in total. The molecule has 2 aromatic carbocycles. The second kappa shape index (κ2) is 14.8. The van der Waals surface area contributed by atoms with Crippen molar-refractivity contribution in [1.82, 2.24) is 20.9 Å². The van der Waals surface area contributed by atoms with Crippen molar-refractivity contribution in [2.24, 2.45) is 17.4 Å². The number of fused-ring (bicyclic) bond motifs is 1. The Balaban J connectivity index is 1.71. The molecule has 4 amide bonds. The number of para-hydroxylation sites is 1. The number of nitrogens with one attached hydrogen (secondary N) is 4. The fourth-order valence-electron chi connectivity index (χ4n) is 4.57. The van der Waals surface area contributed by atoms with E-state index in [1.807, 2.05) is 54.6 Å². The van der Waals surface area contributed by atoms with E-state index in [0.29, 0.717) is 5.56 Å². The zero-order valence-corrected chi connectivity index (χ0v) is 23.6. The molecule has 0 bridgehead atoms. The lowest BCUT2D eigenvalue weighted by Gasteiger charge is -2.27. The van der Waals surface area contributed by atoms with Gasteiger partial charge in [-0.05, 0) is 36.0 Å². The first kappa shape index (κ1) is 31.8. The summed E-state index contributed by atoms with van der Waals surface area (Å²) in [4.78, 5) is 66.1. The number of aliphatic carboxylic acids is 1. The van der Waals surface area contributed by atoms with Crippen molar-refractivity contribution in [1.29, 1.82) is 0 Å². The molecule has 0 fully saturated rings. The number of carbonyl (C=O) groups is 5. The van der Waals surface area contributed by atoms with Gasteiger partial charge in [0.2, 0.25) is 23.6 Å². The molecule has 1 aromatic heterocycles. The molecule has 12 heteroatoms. The number of hydrogen-bond acceptors (Lipinski definition) is 6. The van der Waals surface area contributed by atoms with Crippen LogP contribution in [0.2, 0.25) is 0 Å². The Morgan fingerprint density at radius 2 is 1.48 bits per heavy atom. The number of primary amides is 1. The van der Waals surface area contributed by atoms with Crippen molar-refractivity contribution in [2.75, 3.05) is 0 Å². The van der Waals surface area contributed by atoms with Crippen LogP contribution >= 0.6 is 0 Å². The minimum Gasteiger partial charge on any atom is -0.480 e. The third-order valence-electron chi connectivity index (χ3n) is 6.91. The molecular formula is C30H38N6O6. The number of carboxylic acids is 1. The van der Waals surface area contributed by atoms with Crippen LogP contribution in [0.3, 0.4) is 0 Å². The van der Waals surface area contributed by atoms with E-state index in [-0.39, 0.29) is 31.6 Å². The van der Waals surface area contributed by atoms with Gasteiger partial charge in [-0.2, -0.15) is 0 Å². The van der Waals surface area contributed by atoms with Crippen LogP contribution in [0.4, 0.5) is 0 Å². The molecule has 3 aromatic rings. The van der Waals surface area contributed by atoms with E-state index in [1.54, 1.807) is 20.0 Å². The number of benzene rings is 2. The summed E-state index contributed by atoms with van der Waals surface area (Å²) in [7, 11) is 0. The minimum atomic E-state index is -1.32. The van der Waals surface area contributed by atoms with Gasteiger partial charge in [0.25, 0.3) is 0 Å². The number of aromatic amines is 1. The highest BCUT2D eigenvalue weighted by molar-refractivity contribution is 5.94.